The van der Waals surface area contributed by atoms with E-state index >= 15 is 0 Å². The summed E-state index contributed by atoms with van der Waals surface area (Å²) in [4.78, 5) is 15.1. The molecule has 2 aromatic heterocycles. The second-order valence-electron chi connectivity index (χ2n) is 4.94. The van der Waals surface area contributed by atoms with Gasteiger partial charge in [-0.2, -0.15) is 5.10 Å². The monoisotopic (exact) mass is 309 g/mol. The number of H-pyrrole nitrogens is 1. The van der Waals surface area contributed by atoms with Gasteiger partial charge in [0.15, 0.2) is 0 Å². The molecule has 0 saturated carbocycles. The van der Waals surface area contributed by atoms with Crippen LogP contribution < -0.4 is 4.74 Å². The van der Waals surface area contributed by atoms with E-state index in [1.807, 2.05) is 12.1 Å². The molecule has 23 heavy (non-hydrogen) atoms. The van der Waals surface area contributed by atoms with Crippen molar-refractivity contribution in [2.75, 3.05) is 7.11 Å². The Balaban J connectivity index is 2.02. The topological polar surface area (TPSA) is 93.9 Å². The molecule has 0 saturated heterocycles. The lowest BCUT2D eigenvalue weighted by atomic mass is 10.1. The van der Waals surface area contributed by atoms with Gasteiger partial charge in [0.25, 0.3) is 5.69 Å². The predicted molar refractivity (Wildman–Crippen MR) is 84.3 cm³/mol. The van der Waals surface area contributed by atoms with Gasteiger partial charge in [-0.05, 0) is 17.7 Å². The summed E-state index contributed by atoms with van der Waals surface area (Å²) < 4.78 is 5.34. The number of hydrogen-bond donors (Lipinski definition) is 1. The molecule has 0 unspecified atom stereocenters. The highest BCUT2D eigenvalue weighted by Gasteiger charge is 2.13. The fourth-order valence-electron chi connectivity index (χ4n) is 2.31. The summed E-state index contributed by atoms with van der Waals surface area (Å²) in [6, 6.07) is 10.0. The summed E-state index contributed by atoms with van der Waals surface area (Å²) in [7, 11) is 1.55. The van der Waals surface area contributed by atoms with Gasteiger partial charge in [-0.25, -0.2) is 4.98 Å². The summed E-state index contributed by atoms with van der Waals surface area (Å²) in [5.41, 5.74) is 3.08. The minimum absolute atomic E-state index is 0.0200. The molecule has 2 heterocycles. The average molecular weight is 309 g/mol. The molecule has 0 aliphatic rings. The highest BCUT2D eigenvalue weighted by Crippen LogP contribution is 2.30. The van der Waals surface area contributed by atoms with Crippen molar-refractivity contribution in [1.29, 1.82) is 0 Å². The van der Waals surface area contributed by atoms with Crippen molar-refractivity contribution in [3.63, 3.8) is 0 Å². The van der Waals surface area contributed by atoms with E-state index < -0.39 is 4.92 Å². The second kappa shape index (κ2) is 6.27. The zero-order valence-electron chi connectivity index (χ0n) is 12.4. The molecule has 3 aromatic rings. The molecule has 0 spiro atoms. The maximum Gasteiger partial charge on any atom is 0.270 e. The number of pyridine rings is 1. The summed E-state index contributed by atoms with van der Waals surface area (Å²) in [6.45, 7) is 0. The first-order valence-corrected chi connectivity index (χ1v) is 6.94. The van der Waals surface area contributed by atoms with E-state index in [4.69, 9.17) is 4.74 Å². The van der Waals surface area contributed by atoms with Gasteiger partial charge >= 0.3 is 0 Å². The molecule has 0 amide bonds. The summed E-state index contributed by atoms with van der Waals surface area (Å²) in [5.74, 6) is 0.571. The first-order valence-electron chi connectivity index (χ1n) is 6.94. The third kappa shape index (κ3) is 3.18. The third-order valence-electron chi connectivity index (χ3n) is 3.41. The smallest absolute Gasteiger partial charge is 0.270 e. The van der Waals surface area contributed by atoms with Gasteiger partial charge in [0, 0.05) is 36.0 Å². The number of rotatable bonds is 5. The zero-order valence-corrected chi connectivity index (χ0v) is 12.4. The summed E-state index contributed by atoms with van der Waals surface area (Å²) in [6.07, 6.45) is 4.15. The number of nitro benzene ring substituents is 1. The fourth-order valence-corrected chi connectivity index (χ4v) is 2.31. The second-order valence-corrected chi connectivity index (χ2v) is 4.94. The fraction of sp³-hybridized carbons (Fsp3) is 0.125. The molecular weight excluding hydrogens is 295 g/mol. The highest BCUT2D eigenvalue weighted by atomic mass is 16.6. The predicted octanol–water partition coefficient (Wildman–Crippen LogP) is 2.98. The number of nitrogens with one attached hydrogen (secondary N) is 1. The maximum absolute atomic E-state index is 11.0. The van der Waals surface area contributed by atoms with Gasteiger partial charge in [0.05, 0.1) is 18.2 Å². The largest absolute Gasteiger partial charge is 0.494 e. The molecule has 0 bridgehead atoms. The maximum atomic E-state index is 11.0. The van der Waals surface area contributed by atoms with E-state index in [9.17, 15) is 10.1 Å². The van der Waals surface area contributed by atoms with Crippen molar-refractivity contribution >= 4 is 5.69 Å². The number of aromatic amines is 1. The van der Waals surface area contributed by atoms with Crippen LogP contribution in [0.3, 0.4) is 0 Å². The molecule has 7 nitrogen and oxygen atoms in total. The van der Waals surface area contributed by atoms with E-state index in [1.54, 1.807) is 31.6 Å². The van der Waals surface area contributed by atoms with E-state index in [0.29, 0.717) is 23.4 Å². The number of benzene rings is 1. The third-order valence-corrected chi connectivity index (χ3v) is 3.41. The lowest BCUT2D eigenvalue weighted by Gasteiger charge is -2.10. The van der Waals surface area contributed by atoms with Crippen molar-refractivity contribution in [3.8, 4) is 17.0 Å². The van der Waals surface area contributed by atoms with Crippen LogP contribution in [0.25, 0.3) is 11.3 Å². The Kier molecular flexibility index (Phi) is 4.01. The minimum atomic E-state index is -0.425. The average Bonchev–Trinajstić information content (AvgIpc) is 3.08. The van der Waals surface area contributed by atoms with Crippen LogP contribution in [-0.4, -0.2) is 27.2 Å². The Morgan fingerprint density at radius 3 is 2.87 bits per heavy atom. The minimum Gasteiger partial charge on any atom is -0.494 e. The molecule has 0 atom stereocenters. The van der Waals surface area contributed by atoms with Crippen LogP contribution in [-0.2, 0) is 6.42 Å². The zero-order chi connectivity index (χ0) is 16.2. The van der Waals surface area contributed by atoms with Crippen molar-refractivity contribution in [2.24, 2.45) is 0 Å². The SMILES string of the molecule is [11CH3]Oc1ccc(Cc2cn[nH]c2)nc1-c1cccc([N+](=O)[O-])c1. The Hall–Kier alpha value is -3.22. The van der Waals surface area contributed by atoms with E-state index in [-0.39, 0.29) is 5.69 Å². The molecule has 0 aliphatic heterocycles. The van der Waals surface area contributed by atoms with Crippen LogP contribution in [0.5, 0.6) is 5.75 Å². The molecule has 0 radical (unpaired) electrons. The van der Waals surface area contributed by atoms with Crippen LogP contribution in [0.15, 0.2) is 48.8 Å². The molecule has 7 heteroatoms. The first-order chi connectivity index (χ1) is 11.2. The number of non-ortho nitro benzene ring substituents is 1. The first kappa shape index (κ1) is 14.7. The molecule has 1 aromatic carbocycles. The van der Waals surface area contributed by atoms with E-state index in [0.717, 1.165) is 11.3 Å². The Bertz CT molecular complexity index is 831. The number of aromatic nitrogens is 3. The number of nitro groups is 1. The molecule has 1 N–H and O–H groups in total. The van der Waals surface area contributed by atoms with Crippen molar-refractivity contribution in [3.05, 3.63) is 70.2 Å². The molecule has 0 fully saturated rings. The van der Waals surface area contributed by atoms with Gasteiger partial charge in [0.2, 0.25) is 0 Å². The van der Waals surface area contributed by atoms with E-state index in [1.165, 1.54) is 12.1 Å². The Morgan fingerprint density at radius 1 is 1.30 bits per heavy atom. The number of hydrogen-bond acceptors (Lipinski definition) is 5. The molecule has 116 valence electrons. The van der Waals surface area contributed by atoms with Gasteiger partial charge < -0.3 is 4.74 Å². The standard InChI is InChI=1S/C16H14N4O3/c1-23-15-6-5-13(7-11-9-17-18-10-11)19-16(15)12-3-2-4-14(8-12)20(21)22/h2-6,8-10H,7H2,1H3,(H,17,18)/i1-1. The number of ether oxygens (including phenoxy) is 1. The molecule has 3 rings (SSSR count). The Labute approximate surface area is 132 Å². The molecule has 0 aliphatic carbocycles. The molecular formula is C16H14N4O3. The lowest BCUT2D eigenvalue weighted by molar-refractivity contribution is -0.384. The van der Waals surface area contributed by atoms with Crippen LogP contribution in [0.2, 0.25) is 0 Å². The van der Waals surface area contributed by atoms with Crippen LogP contribution in [0.1, 0.15) is 11.3 Å². The van der Waals surface area contributed by atoms with Crippen molar-refractivity contribution < 1.29 is 9.66 Å². The number of nitrogens with zero attached hydrogens (tertiary/aromatic N) is 3. The normalized spacial score (nSPS) is 10.5. The summed E-state index contributed by atoms with van der Waals surface area (Å²) >= 11 is 0. The quantitative estimate of drug-likeness (QED) is 0.577. The van der Waals surface area contributed by atoms with Crippen molar-refractivity contribution in [2.45, 2.75) is 6.42 Å². The van der Waals surface area contributed by atoms with Crippen molar-refractivity contribution in [1.82, 2.24) is 15.2 Å². The van der Waals surface area contributed by atoms with Crippen LogP contribution in [0.4, 0.5) is 5.69 Å². The van der Waals surface area contributed by atoms with Gasteiger partial charge in [0.1, 0.15) is 11.4 Å². The van der Waals surface area contributed by atoms with Crippen LogP contribution >= 0.6 is 0 Å². The van der Waals surface area contributed by atoms with Gasteiger partial charge in [-0.3, -0.25) is 15.2 Å². The highest BCUT2D eigenvalue weighted by molar-refractivity contribution is 5.68. The summed E-state index contributed by atoms with van der Waals surface area (Å²) in [5, 5.41) is 17.6. The number of methoxy groups -OCH3 is 1. The van der Waals surface area contributed by atoms with E-state index in [2.05, 4.69) is 15.2 Å². The van der Waals surface area contributed by atoms with Gasteiger partial charge in [-0.1, -0.05) is 12.1 Å². The van der Waals surface area contributed by atoms with Gasteiger partial charge in [-0.15, -0.1) is 0 Å². The lowest BCUT2D eigenvalue weighted by Crippen LogP contribution is -1.97. The van der Waals surface area contributed by atoms with Crippen LogP contribution in [0, 0.1) is 10.1 Å². The Morgan fingerprint density at radius 2 is 2.17 bits per heavy atom.